The maximum absolute atomic E-state index is 15.7. The number of allylic oxidation sites excluding steroid dienone is 1. The predicted molar refractivity (Wildman–Crippen MR) is 127 cm³/mol. The van der Waals surface area contributed by atoms with E-state index in [2.05, 4.69) is 5.09 Å². The van der Waals surface area contributed by atoms with Gasteiger partial charge in [0.15, 0.2) is 24.3 Å². The number of Topliss-reactive ketones (excluding diaryl/α,β-unsaturated/α-hetero) is 1. The van der Waals surface area contributed by atoms with Gasteiger partial charge in [0.25, 0.3) is 0 Å². The molecule has 2 saturated heterocycles. The van der Waals surface area contributed by atoms with Crippen molar-refractivity contribution < 1.29 is 51.4 Å². The Morgan fingerprint density at radius 2 is 1.89 bits per heavy atom. The standard InChI is InChI=1S/C24H28FN2O10P/c1-14-12-27(19(29)11-17(14)28)23-21(25)22-18(35-23)13-34-38(32,37-16-7-4-3-5-8-16)26-15(2)24(31)33-10-6-9-20(30)36-22/h3-5,7-8,12,15,18,21-23H,6,9-11,13H2,1-2H3,(H,26,32)/t15-,18-,21+,22-,23?,38+/m0/s1. The number of ether oxygens (including phenoxy) is 3. The molecule has 206 valence electrons. The van der Waals surface area contributed by atoms with Crippen LogP contribution in [-0.2, 0) is 42.5 Å². The Bertz CT molecular complexity index is 1160. The highest BCUT2D eigenvalue weighted by molar-refractivity contribution is 7.52. The molecule has 0 bridgehead atoms. The van der Waals surface area contributed by atoms with Crippen LogP contribution in [0.25, 0.3) is 0 Å². The van der Waals surface area contributed by atoms with Gasteiger partial charge in [-0.15, -0.1) is 0 Å². The van der Waals surface area contributed by atoms with Crippen molar-refractivity contribution in [1.82, 2.24) is 9.99 Å². The molecule has 0 aliphatic carbocycles. The van der Waals surface area contributed by atoms with Gasteiger partial charge in [0.2, 0.25) is 5.91 Å². The Morgan fingerprint density at radius 3 is 2.63 bits per heavy atom. The number of halogens is 1. The summed E-state index contributed by atoms with van der Waals surface area (Å²) in [5.41, 5.74) is 0.232. The molecule has 3 aliphatic rings. The van der Waals surface area contributed by atoms with Crippen LogP contribution in [0.3, 0.4) is 0 Å². The first-order valence-electron chi connectivity index (χ1n) is 12.0. The third-order valence-corrected chi connectivity index (χ3v) is 7.68. The fraction of sp³-hybridized carbons (Fsp3) is 0.500. The Hall–Kier alpha value is -3.12. The highest BCUT2D eigenvalue weighted by atomic mass is 31.2. The Balaban J connectivity index is 1.61. The third-order valence-electron chi connectivity index (χ3n) is 6.03. The number of ketones is 1. The van der Waals surface area contributed by atoms with E-state index in [1.54, 1.807) is 18.2 Å². The fourth-order valence-electron chi connectivity index (χ4n) is 4.03. The van der Waals surface area contributed by atoms with Gasteiger partial charge in [-0.2, -0.15) is 5.09 Å². The molecule has 0 aromatic heterocycles. The van der Waals surface area contributed by atoms with Crippen LogP contribution in [0.5, 0.6) is 5.75 Å². The summed E-state index contributed by atoms with van der Waals surface area (Å²) in [6.45, 7) is 2.14. The number of amides is 1. The number of benzene rings is 1. The zero-order chi connectivity index (χ0) is 27.4. The van der Waals surface area contributed by atoms with Crippen molar-refractivity contribution in [2.75, 3.05) is 13.2 Å². The lowest BCUT2D eigenvalue weighted by atomic mass is 10.1. The minimum atomic E-state index is -4.30. The lowest BCUT2D eigenvalue weighted by molar-refractivity contribution is -0.156. The van der Waals surface area contributed by atoms with Gasteiger partial charge in [0.05, 0.1) is 19.6 Å². The molecule has 2 fully saturated rings. The zero-order valence-corrected chi connectivity index (χ0v) is 21.6. The van der Waals surface area contributed by atoms with Crippen LogP contribution in [-0.4, -0.2) is 72.4 Å². The first kappa shape index (κ1) is 27.9. The number of hydrogen-bond donors (Lipinski definition) is 1. The summed E-state index contributed by atoms with van der Waals surface area (Å²) < 4.78 is 56.6. The maximum atomic E-state index is 15.7. The smallest absolute Gasteiger partial charge is 0.459 e. The summed E-state index contributed by atoms with van der Waals surface area (Å²) in [4.78, 5) is 50.1. The molecule has 1 unspecified atom stereocenters. The number of carbonyl (C=O) groups excluding carboxylic acids is 4. The molecule has 6 atom stereocenters. The van der Waals surface area contributed by atoms with Crippen LogP contribution in [0.2, 0.25) is 0 Å². The van der Waals surface area contributed by atoms with Crippen molar-refractivity contribution in [1.29, 1.82) is 0 Å². The van der Waals surface area contributed by atoms with E-state index in [-0.39, 0.29) is 30.8 Å². The van der Waals surface area contributed by atoms with Gasteiger partial charge >= 0.3 is 19.7 Å². The van der Waals surface area contributed by atoms with E-state index in [4.69, 9.17) is 23.3 Å². The second kappa shape index (κ2) is 11.7. The van der Waals surface area contributed by atoms with Crippen LogP contribution >= 0.6 is 7.75 Å². The maximum Gasteiger partial charge on any atom is 0.459 e. The summed E-state index contributed by atoms with van der Waals surface area (Å²) >= 11 is 0. The summed E-state index contributed by atoms with van der Waals surface area (Å²) in [5.74, 6) is -2.47. The number of cyclic esters (lactones) is 1. The van der Waals surface area contributed by atoms with Crippen LogP contribution in [0, 0.1) is 0 Å². The number of carbonyl (C=O) groups is 4. The second-order valence-electron chi connectivity index (χ2n) is 9.00. The third kappa shape index (κ3) is 6.47. The van der Waals surface area contributed by atoms with E-state index in [0.717, 1.165) is 4.90 Å². The predicted octanol–water partition coefficient (Wildman–Crippen LogP) is 2.19. The molecule has 1 amide bonds. The first-order chi connectivity index (χ1) is 18.1. The van der Waals surface area contributed by atoms with Gasteiger partial charge in [-0.25, -0.2) is 8.96 Å². The van der Waals surface area contributed by atoms with Gasteiger partial charge in [-0.1, -0.05) is 18.2 Å². The Labute approximate surface area is 218 Å². The molecule has 1 aromatic rings. The molecule has 3 aliphatic heterocycles. The van der Waals surface area contributed by atoms with E-state index >= 15 is 4.39 Å². The Kier molecular flexibility index (Phi) is 8.61. The molecule has 0 spiro atoms. The van der Waals surface area contributed by atoms with Crippen LogP contribution in [0.15, 0.2) is 42.1 Å². The molecular formula is C24H28FN2O10P. The van der Waals surface area contributed by atoms with Gasteiger partial charge in [0, 0.05) is 18.2 Å². The fourth-order valence-corrected chi connectivity index (χ4v) is 5.53. The van der Waals surface area contributed by atoms with Gasteiger partial charge in [-0.05, 0) is 32.4 Å². The van der Waals surface area contributed by atoms with Gasteiger partial charge in [-0.3, -0.25) is 28.6 Å². The van der Waals surface area contributed by atoms with Crippen molar-refractivity contribution in [3.63, 3.8) is 0 Å². The van der Waals surface area contributed by atoms with Crippen molar-refractivity contribution in [2.45, 2.75) is 63.8 Å². The number of alkyl halides is 1. The van der Waals surface area contributed by atoms with Crippen molar-refractivity contribution in [2.24, 2.45) is 0 Å². The lowest BCUT2D eigenvalue weighted by Crippen LogP contribution is -2.46. The lowest BCUT2D eigenvalue weighted by Gasteiger charge is -2.29. The number of esters is 2. The average molecular weight is 554 g/mol. The van der Waals surface area contributed by atoms with E-state index in [9.17, 15) is 23.7 Å². The van der Waals surface area contributed by atoms with Crippen molar-refractivity contribution in [3.8, 4) is 5.75 Å². The summed E-state index contributed by atoms with van der Waals surface area (Å²) in [7, 11) is -4.30. The monoisotopic (exact) mass is 554 g/mol. The van der Waals surface area contributed by atoms with Crippen LogP contribution in [0.4, 0.5) is 4.39 Å². The van der Waals surface area contributed by atoms with E-state index < -0.39 is 75.1 Å². The second-order valence-corrected chi connectivity index (χ2v) is 10.7. The molecule has 14 heteroatoms. The van der Waals surface area contributed by atoms with Crippen LogP contribution < -0.4 is 9.61 Å². The molecule has 3 heterocycles. The number of nitrogens with zero attached hydrogens (tertiary/aromatic N) is 1. The number of para-hydroxylation sites is 1. The van der Waals surface area contributed by atoms with Gasteiger partial charge in [0.1, 0.15) is 17.9 Å². The first-order valence-corrected chi connectivity index (χ1v) is 13.6. The number of rotatable bonds is 3. The Morgan fingerprint density at radius 1 is 1.16 bits per heavy atom. The normalized spacial score (nSPS) is 33.5. The van der Waals surface area contributed by atoms with Crippen molar-refractivity contribution in [3.05, 3.63) is 42.1 Å². The van der Waals surface area contributed by atoms with Crippen LogP contribution in [0.1, 0.15) is 33.1 Å². The van der Waals surface area contributed by atoms with E-state index in [1.807, 2.05) is 0 Å². The van der Waals surface area contributed by atoms with E-state index in [1.165, 1.54) is 32.2 Å². The molecule has 0 radical (unpaired) electrons. The summed E-state index contributed by atoms with van der Waals surface area (Å²) in [6.07, 6.45) is -5.74. The molecule has 4 rings (SSSR count). The highest BCUT2D eigenvalue weighted by Crippen LogP contribution is 2.46. The minimum absolute atomic E-state index is 0.0965. The largest absolute Gasteiger partial charge is 0.465 e. The number of nitrogens with one attached hydrogen (secondary N) is 1. The number of fused-ring (bicyclic) bond motifs is 1. The quantitative estimate of drug-likeness (QED) is 0.333. The van der Waals surface area contributed by atoms with Gasteiger partial charge < -0.3 is 18.7 Å². The summed E-state index contributed by atoms with van der Waals surface area (Å²) in [6, 6.07) is 6.88. The molecule has 12 nitrogen and oxygen atoms in total. The zero-order valence-electron chi connectivity index (χ0n) is 20.7. The van der Waals surface area contributed by atoms with Crippen molar-refractivity contribution >= 4 is 31.4 Å². The van der Waals surface area contributed by atoms with E-state index in [0.29, 0.717) is 0 Å². The highest BCUT2D eigenvalue weighted by Gasteiger charge is 2.52. The minimum Gasteiger partial charge on any atom is -0.465 e. The number of hydrogen-bond acceptors (Lipinski definition) is 10. The molecule has 1 N–H and O–H groups in total. The summed E-state index contributed by atoms with van der Waals surface area (Å²) in [5, 5.41) is 2.51. The molecule has 1 aromatic carbocycles. The molecular weight excluding hydrogens is 526 g/mol. The average Bonchev–Trinajstić information content (AvgIpc) is 3.17. The SMILES string of the molecule is CC1=CN(C2O[C@H]3CO[P@@](=O)(Oc4ccccc4)N[C@@H](C)C(=O)OCCCC(=O)O[C@@H]3[C@H]2F)C(=O)CC1=O. The molecule has 38 heavy (non-hydrogen) atoms. The molecule has 0 saturated carbocycles. The topological polar surface area (TPSA) is 147 Å².